The predicted molar refractivity (Wildman–Crippen MR) is 114 cm³/mol. The summed E-state index contributed by atoms with van der Waals surface area (Å²) in [5.74, 6) is -2.12. The summed E-state index contributed by atoms with van der Waals surface area (Å²) >= 11 is 3.09. The van der Waals surface area contributed by atoms with Crippen molar-refractivity contribution < 1.29 is 13.6 Å². The monoisotopic (exact) mass is 474 g/mol. The van der Waals surface area contributed by atoms with Crippen molar-refractivity contribution in [2.45, 2.75) is 26.3 Å². The second kappa shape index (κ2) is 7.64. The van der Waals surface area contributed by atoms with E-state index in [1.165, 1.54) is 6.07 Å². The molecule has 0 bridgehead atoms. The van der Waals surface area contributed by atoms with E-state index in [1.54, 1.807) is 16.1 Å². The van der Waals surface area contributed by atoms with Crippen molar-refractivity contribution in [3.8, 4) is 0 Å². The van der Waals surface area contributed by atoms with E-state index in [0.29, 0.717) is 29.3 Å². The van der Waals surface area contributed by atoms with E-state index in [1.807, 2.05) is 31.2 Å². The van der Waals surface area contributed by atoms with Gasteiger partial charge in [0.25, 0.3) is 5.56 Å². The summed E-state index contributed by atoms with van der Waals surface area (Å²) in [6, 6.07) is 9.75. The van der Waals surface area contributed by atoms with E-state index in [4.69, 9.17) is 0 Å². The Kier molecular flexibility index (Phi) is 5.15. The number of aromatic nitrogens is 3. The molecule has 1 N–H and O–H groups in total. The first kappa shape index (κ1) is 20.2. The Bertz CT molecular complexity index is 1340. The van der Waals surface area contributed by atoms with E-state index < -0.39 is 23.6 Å². The van der Waals surface area contributed by atoms with Crippen LogP contribution in [0.1, 0.15) is 25.1 Å². The minimum atomic E-state index is -0.881. The van der Waals surface area contributed by atoms with Gasteiger partial charge in [0.05, 0.1) is 11.2 Å². The number of amides is 1. The Labute approximate surface area is 178 Å². The van der Waals surface area contributed by atoms with Crippen LogP contribution in [0.3, 0.4) is 0 Å². The lowest BCUT2D eigenvalue weighted by Gasteiger charge is -2.21. The van der Waals surface area contributed by atoms with Crippen molar-refractivity contribution in [3.05, 3.63) is 74.6 Å². The molecule has 0 fully saturated rings. The SMILES string of the molecule is CC[C@@H](C(=O)Nc1c(F)cc(F)cc1Br)n1c2ccccc2c2nc(=O)cc(C)n21. The molecular formula is C21H17BrF2N4O2. The van der Waals surface area contributed by atoms with Gasteiger partial charge in [-0.3, -0.25) is 14.3 Å². The fourth-order valence-electron chi connectivity index (χ4n) is 3.65. The van der Waals surface area contributed by atoms with Crippen LogP contribution in [0.15, 0.2) is 51.7 Å². The Hall–Kier alpha value is -3.07. The molecule has 0 spiro atoms. The number of hydrogen-bond donors (Lipinski definition) is 1. The molecule has 6 nitrogen and oxygen atoms in total. The molecule has 154 valence electrons. The van der Waals surface area contributed by atoms with Crippen LogP contribution < -0.4 is 10.9 Å². The lowest BCUT2D eigenvalue weighted by atomic mass is 10.2. The standard InChI is InChI=1S/C21H17BrF2N4O2/c1-3-16(21(30)26-19-14(22)9-12(23)10-15(19)24)28-17-7-5-4-6-13(17)20-25-18(29)8-11(2)27(20)28/h4-10,16H,3H2,1-2H3,(H,26,30)/t16-/m0/s1. The smallest absolute Gasteiger partial charge is 0.273 e. The molecule has 0 unspecified atom stereocenters. The second-order valence-corrected chi connectivity index (χ2v) is 7.74. The highest BCUT2D eigenvalue weighted by Crippen LogP contribution is 2.30. The van der Waals surface area contributed by atoms with Gasteiger partial charge in [-0.1, -0.05) is 19.1 Å². The quantitative estimate of drug-likeness (QED) is 0.470. The third kappa shape index (κ3) is 3.28. The van der Waals surface area contributed by atoms with E-state index in [0.717, 1.165) is 11.5 Å². The van der Waals surface area contributed by atoms with Crippen molar-refractivity contribution in [2.75, 3.05) is 5.32 Å². The molecule has 2 aromatic heterocycles. The zero-order chi connectivity index (χ0) is 21.6. The Balaban J connectivity index is 1.89. The zero-order valence-corrected chi connectivity index (χ0v) is 17.7. The van der Waals surface area contributed by atoms with Gasteiger partial charge in [-0.15, -0.1) is 0 Å². The average molecular weight is 475 g/mol. The number of hydrogen-bond acceptors (Lipinski definition) is 3. The van der Waals surface area contributed by atoms with Gasteiger partial charge in [-0.25, -0.2) is 13.3 Å². The molecule has 4 aromatic rings. The summed E-state index contributed by atoms with van der Waals surface area (Å²) in [7, 11) is 0. The Morgan fingerprint density at radius 2 is 1.97 bits per heavy atom. The number of aryl methyl sites for hydroxylation is 1. The van der Waals surface area contributed by atoms with Crippen LogP contribution in [-0.2, 0) is 4.79 Å². The van der Waals surface area contributed by atoms with Crippen LogP contribution in [0.4, 0.5) is 14.5 Å². The van der Waals surface area contributed by atoms with Gasteiger partial charge >= 0.3 is 0 Å². The van der Waals surface area contributed by atoms with Crippen molar-refractivity contribution in [2.24, 2.45) is 0 Å². The summed E-state index contributed by atoms with van der Waals surface area (Å²) in [6.45, 7) is 3.58. The van der Waals surface area contributed by atoms with Crippen LogP contribution in [0, 0.1) is 18.6 Å². The second-order valence-electron chi connectivity index (χ2n) is 6.89. The van der Waals surface area contributed by atoms with Crippen LogP contribution in [-0.4, -0.2) is 20.1 Å². The fraction of sp³-hybridized carbons (Fsp3) is 0.190. The molecule has 30 heavy (non-hydrogen) atoms. The number of nitrogens with zero attached hydrogens (tertiary/aromatic N) is 3. The molecular weight excluding hydrogens is 458 g/mol. The van der Waals surface area contributed by atoms with Crippen LogP contribution in [0.5, 0.6) is 0 Å². The van der Waals surface area contributed by atoms with E-state index >= 15 is 0 Å². The minimum absolute atomic E-state index is 0.104. The number of benzene rings is 2. The van der Waals surface area contributed by atoms with Gasteiger partial charge < -0.3 is 5.32 Å². The molecule has 9 heteroatoms. The number of para-hydroxylation sites is 1. The topological polar surface area (TPSA) is 68.4 Å². The first-order valence-corrected chi connectivity index (χ1v) is 10.1. The van der Waals surface area contributed by atoms with Gasteiger partial charge in [-0.05, 0) is 47.5 Å². The van der Waals surface area contributed by atoms with Crippen LogP contribution >= 0.6 is 15.9 Å². The van der Waals surface area contributed by atoms with Crippen molar-refractivity contribution >= 4 is 44.1 Å². The van der Waals surface area contributed by atoms with Gasteiger partial charge in [0.2, 0.25) is 5.91 Å². The first-order valence-electron chi connectivity index (χ1n) is 9.26. The number of anilines is 1. The van der Waals surface area contributed by atoms with Gasteiger partial charge in [0.1, 0.15) is 11.9 Å². The molecule has 0 aliphatic rings. The minimum Gasteiger partial charge on any atom is -0.321 e. The maximum Gasteiger partial charge on any atom is 0.273 e. The molecule has 2 heterocycles. The summed E-state index contributed by atoms with van der Waals surface area (Å²) in [4.78, 5) is 29.3. The third-order valence-corrected chi connectivity index (χ3v) is 5.56. The molecule has 0 radical (unpaired) electrons. The molecule has 0 saturated carbocycles. The van der Waals surface area contributed by atoms with Gasteiger partial charge in [0.15, 0.2) is 11.5 Å². The fourth-order valence-corrected chi connectivity index (χ4v) is 4.16. The molecule has 0 aliphatic heterocycles. The number of rotatable bonds is 4. The predicted octanol–water partition coefficient (Wildman–Crippen LogP) is 4.59. The van der Waals surface area contributed by atoms with Crippen LogP contribution in [0.2, 0.25) is 0 Å². The molecule has 0 aliphatic carbocycles. The van der Waals surface area contributed by atoms with Crippen LogP contribution in [0.25, 0.3) is 16.6 Å². The number of nitrogens with one attached hydrogen (secondary N) is 1. The zero-order valence-electron chi connectivity index (χ0n) is 16.1. The normalized spacial score (nSPS) is 12.4. The molecule has 4 rings (SSSR count). The summed E-state index contributed by atoms with van der Waals surface area (Å²) < 4.78 is 31.2. The van der Waals surface area contributed by atoms with Gasteiger partial charge in [0, 0.05) is 27.7 Å². The van der Waals surface area contributed by atoms with E-state index in [-0.39, 0.29) is 15.7 Å². The Morgan fingerprint density at radius 3 is 2.67 bits per heavy atom. The molecule has 1 amide bonds. The number of carbonyl (C=O) groups is 1. The average Bonchev–Trinajstić information content (AvgIpc) is 3.00. The van der Waals surface area contributed by atoms with Crippen molar-refractivity contribution in [3.63, 3.8) is 0 Å². The highest BCUT2D eigenvalue weighted by atomic mass is 79.9. The number of halogens is 3. The lowest BCUT2D eigenvalue weighted by Crippen LogP contribution is -2.29. The van der Waals surface area contributed by atoms with Crippen molar-refractivity contribution in [1.82, 2.24) is 14.2 Å². The van der Waals surface area contributed by atoms with E-state index in [9.17, 15) is 18.4 Å². The summed E-state index contributed by atoms with van der Waals surface area (Å²) in [6.07, 6.45) is 0.381. The highest BCUT2D eigenvalue weighted by Gasteiger charge is 2.26. The molecule has 1 atom stereocenters. The third-order valence-electron chi connectivity index (χ3n) is 4.93. The van der Waals surface area contributed by atoms with Crippen molar-refractivity contribution in [1.29, 1.82) is 0 Å². The number of fused-ring (bicyclic) bond motifs is 3. The first-order chi connectivity index (χ1) is 14.3. The molecule has 2 aromatic carbocycles. The maximum absolute atomic E-state index is 14.3. The lowest BCUT2D eigenvalue weighted by molar-refractivity contribution is -0.119. The van der Waals surface area contributed by atoms with E-state index in [2.05, 4.69) is 26.2 Å². The Morgan fingerprint density at radius 1 is 1.23 bits per heavy atom. The summed E-state index contributed by atoms with van der Waals surface area (Å²) in [5.41, 5.74) is 1.25. The largest absolute Gasteiger partial charge is 0.321 e. The van der Waals surface area contributed by atoms with Gasteiger partial charge in [-0.2, -0.15) is 4.98 Å². The summed E-state index contributed by atoms with van der Waals surface area (Å²) in [5, 5.41) is 3.28. The maximum atomic E-state index is 14.3. The number of carbonyl (C=O) groups excluding carboxylic acids is 1. The highest BCUT2D eigenvalue weighted by molar-refractivity contribution is 9.10. The molecule has 0 saturated heterocycles.